The van der Waals surface area contributed by atoms with Crippen LogP contribution in [0.5, 0.6) is 0 Å². The molecule has 0 radical (unpaired) electrons. The maximum atomic E-state index is 12.6. The van der Waals surface area contributed by atoms with Gasteiger partial charge in [0, 0.05) is 10.6 Å². The van der Waals surface area contributed by atoms with Crippen LogP contribution in [0.25, 0.3) is 11.3 Å². The average molecular weight is 376 g/mol. The van der Waals surface area contributed by atoms with Crippen molar-refractivity contribution in [1.29, 1.82) is 0 Å². The standard InChI is InChI=1S/C18H18ClN3O4/c19-11-7-5-10(6-8-11)13-9-20-16(18(25)26)15(21-13)17(24)22-12-3-1-2-4-14(12)23/h5-9,12,14,23H,1-4H2,(H,22,24)(H,25,26)/t12-,14+/m1/s1. The van der Waals surface area contributed by atoms with Crippen LogP contribution in [0.2, 0.25) is 5.02 Å². The smallest absolute Gasteiger partial charge is 0.356 e. The van der Waals surface area contributed by atoms with Gasteiger partial charge in [0.1, 0.15) is 0 Å². The maximum Gasteiger partial charge on any atom is 0.356 e. The SMILES string of the molecule is O=C(O)c1ncc(-c2ccc(Cl)cc2)nc1C(=O)N[C@@H]1CCCC[C@@H]1O. The van der Waals surface area contributed by atoms with Crippen LogP contribution in [0.4, 0.5) is 0 Å². The van der Waals surface area contributed by atoms with Crippen LogP contribution in [0, 0.1) is 0 Å². The van der Waals surface area contributed by atoms with E-state index in [2.05, 4.69) is 15.3 Å². The summed E-state index contributed by atoms with van der Waals surface area (Å²) in [6, 6.07) is 6.33. The van der Waals surface area contributed by atoms with Gasteiger partial charge in [-0.25, -0.2) is 14.8 Å². The highest BCUT2D eigenvalue weighted by Crippen LogP contribution is 2.22. The minimum absolute atomic E-state index is 0.275. The monoisotopic (exact) mass is 375 g/mol. The first kappa shape index (κ1) is 18.3. The van der Waals surface area contributed by atoms with Crippen molar-refractivity contribution in [1.82, 2.24) is 15.3 Å². The average Bonchev–Trinajstić information content (AvgIpc) is 2.63. The number of amides is 1. The highest BCUT2D eigenvalue weighted by atomic mass is 35.5. The molecule has 1 amide bonds. The van der Waals surface area contributed by atoms with E-state index in [9.17, 15) is 19.8 Å². The summed E-state index contributed by atoms with van der Waals surface area (Å²) in [7, 11) is 0. The Kier molecular flexibility index (Phi) is 5.49. The Labute approximate surface area is 155 Å². The summed E-state index contributed by atoms with van der Waals surface area (Å²) in [6.07, 6.45) is 3.70. The molecule has 8 heteroatoms. The van der Waals surface area contributed by atoms with E-state index in [1.807, 2.05) is 0 Å². The molecule has 3 N–H and O–H groups in total. The van der Waals surface area contributed by atoms with Crippen molar-refractivity contribution >= 4 is 23.5 Å². The van der Waals surface area contributed by atoms with E-state index >= 15 is 0 Å². The Balaban J connectivity index is 1.92. The lowest BCUT2D eigenvalue weighted by molar-refractivity contribution is 0.0666. The Morgan fingerprint density at radius 3 is 2.46 bits per heavy atom. The van der Waals surface area contributed by atoms with Crippen molar-refractivity contribution in [2.75, 3.05) is 0 Å². The van der Waals surface area contributed by atoms with Crippen molar-refractivity contribution < 1.29 is 19.8 Å². The summed E-state index contributed by atoms with van der Waals surface area (Å²) in [6.45, 7) is 0. The lowest BCUT2D eigenvalue weighted by Crippen LogP contribution is -2.45. The number of benzene rings is 1. The van der Waals surface area contributed by atoms with Gasteiger partial charge < -0.3 is 15.5 Å². The summed E-state index contributed by atoms with van der Waals surface area (Å²) in [5, 5.41) is 22.6. The van der Waals surface area contributed by atoms with Crippen molar-refractivity contribution in [3.8, 4) is 11.3 Å². The van der Waals surface area contributed by atoms with Gasteiger partial charge in [-0.3, -0.25) is 4.79 Å². The first-order valence-electron chi connectivity index (χ1n) is 8.31. The quantitative estimate of drug-likeness (QED) is 0.756. The predicted molar refractivity (Wildman–Crippen MR) is 95.2 cm³/mol. The summed E-state index contributed by atoms with van der Waals surface area (Å²) < 4.78 is 0. The van der Waals surface area contributed by atoms with Gasteiger partial charge in [0.25, 0.3) is 5.91 Å². The molecule has 26 heavy (non-hydrogen) atoms. The molecular weight excluding hydrogens is 358 g/mol. The number of aliphatic hydroxyl groups is 1. The van der Waals surface area contributed by atoms with Crippen molar-refractivity contribution in [3.63, 3.8) is 0 Å². The number of aromatic carboxylic acids is 1. The normalized spacial score (nSPS) is 19.8. The van der Waals surface area contributed by atoms with Crippen LogP contribution in [-0.4, -0.2) is 44.2 Å². The molecule has 2 atom stereocenters. The molecule has 0 spiro atoms. The molecule has 1 saturated carbocycles. The van der Waals surface area contributed by atoms with Gasteiger partial charge in [0.2, 0.25) is 0 Å². The second-order valence-corrected chi connectivity index (χ2v) is 6.63. The van der Waals surface area contributed by atoms with Gasteiger partial charge >= 0.3 is 5.97 Å². The molecule has 1 fully saturated rings. The third-order valence-corrected chi connectivity index (χ3v) is 4.63. The molecule has 3 rings (SSSR count). The number of hydrogen-bond donors (Lipinski definition) is 3. The fraction of sp³-hybridized carbons (Fsp3) is 0.333. The predicted octanol–water partition coefficient (Wildman–Crippen LogP) is 2.53. The van der Waals surface area contributed by atoms with E-state index in [-0.39, 0.29) is 5.69 Å². The zero-order valence-corrected chi connectivity index (χ0v) is 14.6. The zero-order chi connectivity index (χ0) is 18.7. The van der Waals surface area contributed by atoms with Gasteiger partial charge in [-0.05, 0) is 25.0 Å². The van der Waals surface area contributed by atoms with E-state index < -0.39 is 29.7 Å². The number of carbonyl (C=O) groups is 2. The summed E-state index contributed by atoms with van der Waals surface area (Å²) in [5.41, 5.74) is 0.319. The molecule has 136 valence electrons. The van der Waals surface area contributed by atoms with Gasteiger partial charge in [-0.15, -0.1) is 0 Å². The second kappa shape index (κ2) is 7.80. The zero-order valence-electron chi connectivity index (χ0n) is 13.9. The topological polar surface area (TPSA) is 112 Å². The van der Waals surface area contributed by atoms with Gasteiger partial charge in [-0.2, -0.15) is 0 Å². The Hall–Kier alpha value is -2.51. The summed E-state index contributed by atoms with van der Waals surface area (Å²) in [5.74, 6) is -1.99. The van der Waals surface area contributed by atoms with Gasteiger partial charge in [-0.1, -0.05) is 36.6 Å². The number of rotatable bonds is 4. The van der Waals surface area contributed by atoms with Crippen LogP contribution in [-0.2, 0) is 0 Å². The van der Waals surface area contributed by atoms with E-state index in [0.717, 1.165) is 12.8 Å². The van der Waals surface area contributed by atoms with Crippen LogP contribution >= 0.6 is 11.6 Å². The Bertz CT molecular complexity index is 826. The van der Waals surface area contributed by atoms with E-state index in [4.69, 9.17) is 11.6 Å². The molecule has 2 aromatic rings. The van der Waals surface area contributed by atoms with Crippen LogP contribution in [0.1, 0.15) is 46.7 Å². The number of hydrogen-bond acceptors (Lipinski definition) is 5. The van der Waals surface area contributed by atoms with E-state index in [0.29, 0.717) is 29.1 Å². The fourth-order valence-electron chi connectivity index (χ4n) is 2.98. The number of carboxylic acid groups (broad SMARTS) is 1. The first-order valence-corrected chi connectivity index (χ1v) is 8.68. The van der Waals surface area contributed by atoms with E-state index in [1.165, 1.54) is 6.20 Å². The van der Waals surface area contributed by atoms with Crippen LogP contribution in [0.3, 0.4) is 0 Å². The minimum Gasteiger partial charge on any atom is -0.476 e. The molecule has 1 aliphatic rings. The lowest BCUT2D eigenvalue weighted by Gasteiger charge is -2.28. The van der Waals surface area contributed by atoms with Crippen LogP contribution < -0.4 is 5.32 Å². The molecular formula is C18H18ClN3O4. The first-order chi connectivity index (χ1) is 12.5. The van der Waals surface area contributed by atoms with E-state index in [1.54, 1.807) is 24.3 Å². The van der Waals surface area contributed by atoms with Crippen LogP contribution in [0.15, 0.2) is 30.5 Å². The number of nitrogens with zero attached hydrogens (tertiary/aromatic N) is 2. The molecule has 1 heterocycles. The van der Waals surface area contributed by atoms with Crippen molar-refractivity contribution in [2.45, 2.75) is 37.8 Å². The summed E-state index contributed by atoms with van der Waals surface area (Å²) in [4.78, 5) is 32.1. The third kappa shape index (κ3) is 4.00. The minimum atomic E-state index is -1.34. The number of halogens is 1. The van der Waals surface area contributed by atoms with Crippen molar-refractivity contribution in [2.24, 2.45) is 0 Å². The van der Waals surface area contributed by atoms with Crippen molar-refractivity contribution in [3.05, 3.63) is 46.9 Å². The summed E-state index contributed by atoms with van der Waals surface area (Å²) >= 11 is 5.87. The molecule has 1 aromatic carbocycles. The molecule has 0 aliphatic heterocycles. The molecule has 1 aromatic heterocycles. The largest absolute Gasteiger partial charge is 0.476 e. The highest BCUT2D eigenvalue weighted by Gasteiger charge is 2.28. The van der Waals surface area contributed by atoms with Gasteiger partial charge in [0.15, 0.2) is 11.4 Å². The fourth-order valence-corrected chi connectivity index (χ4v) is 3.11. The Morgan fingerprint density at radius 1 is 1.12 bits per heavy atom. The number of carboxylic acids is 1. The number of aliphatic hydroxyl groups excluding tert-OH is 1. The second-order valence-electron chi connectivity index (χ2n) is 6.20. The number of nitrogens with one attached hydrogen (secondary N) is 1. The van der Waals surface area contributed by atoms with Gasteiger partial charge in [0.05, 0.1) is 24.0 Å². The Morgan fingerprint density at radius 2 is 1.81 bits per heavy atom. The number of carbonyl (C=O) groups excluding carboxylic acids is 1. The molecule has 0 bridgehead atoms. The molecule has 0 saturated heterocycles. The molecule has 7 nitrogen and oxygen atoms in total. The lowest BCUT2D eigenvalue weighted by atomic mass is 9.92. The molecule has 0 unspecified atom stereocenters. The number of aromatic nitrogens is 2. The maximum absolute atomic E-state index is 12.6. The molecule has 1 aliphatic carbocycles. The highest BCUT2D eigenvalue weighted by molar-refractivity contribution is 6.30. The third-order valence-electron chi connectivity index (χ3n) is 4.38.